The molecule has 72 heavy (non-hydrogen) atoms. The number of esters is 1. The lowest BCUT2D eigenvalue weighted by molar-refractivity contribution is -0.260. The fraction of sp³-hybridized carbons (Fsp3) is 0.755. The Morgan fingerprint density at radius 3 is 1.40 bits per heavy atom. The molecule has 1 N–H and O–H groups in total. The van der Waals surface area contributed by atoms with Crippen molar-refractivity contribution in [1.82, 2.24) is 0 Å². The van der Waals surface area contributed by atoms with E-state index in [1.165, 1.54) is 0 Å². The zero-order valence-corrected chi connectivity index (χ0v) is 44.7. The van der Waals surface area contributed by atoms with E-state index >= 15 is 0 Å². The van der Waals surface area contributed by atoms with Crippen molar-refractivity contribution in [2.24, 2.45) is 51.2 Å². The monoisotopic (exact) mass is 1010 g/mol. The van der Waals surface area contributed by atoms with E-state index in [0.29, 0.717) is 44.2 Å². The van der Waals surface area contributed by atoms with Crippen molar-refractivity contribution in [3.8, 4) is 0 Å². The van der Waals surface area contributed by atoms with Gasteiger partial charge in [-0.1, -0.05) is 112 Å². The van der Waals surface area contributed by atoms with Crippen molar-refractivity contribution in [2.45, 2.75) is 176 Å². The fourth-order valence-corrected chi connectivity index (χ4v) is 9.40. The molecule has 0 amide bonds. The maximum absolute atomic E-state index is 12.3. The summed E-state index contributed by atoms with van der Waals surface area (Å²) < 4.78 is 66.2. The van der Waals surface area contributed by atoms with Crippen molar-refractivity contribution >= 4 is 5.97 Å². The number of aliphatic hydroxyl groups is 1. The molecule has 2 aromatic rings. The molecule has 2 aromatic carbocycles. The number of nitrogens with zero attached hydrogens (tertiary/aromatic N) is 6. The van der Waals surface area contributed by atoms with Gasteiger partial charge < -0.3 is 57.2 Å². The molecule has 0 spiro atoms. The number of carbonyl (C=O) groups excluding carboxylic acids is 1. The van der Waals surface area contributed by atoms with Crippen LogP contribution in [0.1, 0.15) is 101 Å². The SMILES string of the molecule is CC1C(COCc2ccccc2)OC(OC[C@H](N=[N+]=[N-])[C@@H]2OC(C)(C)O[C@@H]2CO)C(C)C1C.CC1C(COCc2ccccc2)OC(OC[C@H](N=[N+]=[N-])[C@@H]2OC(C)(C)O[C@@H]2COC(=O)C(C)(C)C)C(C)C1C. The topological polar surface area (TPSA) is 236 Å². The molecule has 4 saturated heterocycles. The number of azide groups is 2. The fourth-order valence-electron chi connectivity index (χ4n) is 9.40. The Balaban J connectivity index is 0.000000271. The standard InChI is InChI=1S/C29H45N3O7.C24H37N3O6/c1-18-19(2)23(16-34-14-21-12-10-9-11-13-21)37-26(20(18)3)35-15-22(31-32-30)25-24(38-29(7,8)39-25)17-36-27(33)28(4,5)6;1-15-16(2)21(14-29-12-18-9-7-6-8-10-18)31-23(17(15)3)30-13-19(26-27-25)22-20(11-28)32-24(4,5)33-22/h9-13,18-20,22-26H,14-17H2,1-8H3;6-10,15-17,19-23,28H,11-14H2,1-5H3/t18?,19?,20?,22-,23?,24+,25-,26?;15?,16?,17?,19-,20+,21?,22-,23?/m00/s1. The first-order valence-corrected chi connectivity index (χ1v) is 25.4. The quantitative estimate of drug-likeness (QED) is 0.0531. The molecule has 0 bridgehead atoms. The van der Waals surface area contributed by atoms with E-state index in [1.807, 2.05) is 60.7 Å². The van der Waals surface area contributed by atoms with E-state index in [-0.39, 0.29) is 62.4 Å². The van der Waals surface area contributed by atoms with Gasteiger partial charge in [-0.05, 0) is 94.3 Å². The zero-order valence-electron chi connectivity index (χ0n) is 44.7. The maximum Gasteiger partial charge on any atom is 0.311 e. The summed E-state index contributed by atoms with van der Waals surface area (Å²) in [4.78, 5) is 18.3. The third-order valence-electron chi connectivity index (χ3n) is 14.4. The Bertz CT molecular complexity index is 2050. The van der Waals surface area contributed by atoms with Crippen LogP contribution in [0, 0.1) is 40.9 Å². The smallest absolute Gasteiger partial charge is 0.311 e. The lowest BCUT2D eigenvalue weighted by Gasteiger charge is -2.43. The summed E-state index contributed by atoms with van der Waals surface area (Å²) >= 11 is 0. The Kier molecular flexibility index (Phi) is 22.2. The Morgan fingerprint density at radius 1 is 0.611 bits per heavy atom. The minimum Gasteiger partial charge on any atom is -0.462 e. The number of hydrogen-bond donors (Lipinski definition) is 1. The molecule has 19 nitrogen and oxygen atoms in total. The minimum atomic E-state index is -0.938. The van der Waals surface area contributed by atoms with Gasteiger partial charge >= 0.3 is 5.97 Å². The second-order valence-electron chi connectivity index (χ2n) is 21.8. The molecule has 0 aromatic heterocycles. The molecule has 19 heteroatoms. The van der Waals surface area contributed by atoms with Gasteiger partial charge in [-0.3, -0.25) is 4.79 Å². The largest absolute Gasteiger partial charge is 0.462 e. The van der Waals surface area contributed by atoms with Crippen LogP contribution in [0.25, 0.3) is 20.9 Å². The van der Waals surface area contributed by atoms with Crippen molar-refractivity contribution in [1.29, 1.82) is 0 Å². The van der Waals surface area contributed by atoms with Crippen LogP contribution in [0.5, 0.6) is 0 Å². The maximum atomic E-state index is 12.3. The first-order chi connectivity index (χ1) is 34.1. The molecule has 0 aliphatic carbocycles. The Morgan fingerprint density at radius 2 is 1.01 bits per heavy atom. The van der Waals surface area contributed by atoms with Gasteiger partial charge in [0.1, 0.15) is 31.0 Å². The molecular formula is C53H82N6O13. The molecule has 4 aliphatic heterocycles. The van der Waals surface area contributed by atoms with Crippen molar-refractivity contribution < 1.29 is 62.0 Å². The van der Waals surface area contributed by atoms with Gasteiger partial charge in [0.15, 0.2) is 24.2 Å². The molecular weight excluding hydrogens is 929 g/mol. The van der Waals surface area contributed by atoms with Gasteiger partial charge in [0.25, 0.3) is 0 Å². The van der Waals surface area contributed by atoms with E-state index in [9.17, 15) is 15.4 Å². The average molecular weight is 1010 g/mol. The highest BCUT2D eigenvalue weighted by atomic mass is 16.8. The van der Waals surface area contributed by atoms with Crippen LogP contribution in [-0.4, -0.2) is 124 Å². The first-order valence-electron chi connectivity index (χ1n) is 25.4. The van der Waals surface area contributed by atoms with Gasteiger partial charge in [-0.15, -0.1) is 0 Å². The van der Waals surface area contributed by atoms with Crippen LogP contribution in [0.2, 0.25) is 0 Å². The van der Waals surface area contributed by atoms with Crippen molar-refractivity contribution in [3.63, 3.8) is 0 Å². The summed E-state index contributed by atoms with van der Waals surface area (Å²) in [5.74, 6) is -0.663. The average Bonchev–Trinajstić information content (AvgIpc) is 3.84. The predicted molar refractivity (Wildman–Crippen MR) is 267 cm³/mol. The molecule has 4 fully saturated rings. The van der Waals surface area contributed by atoms with Crippen LogP contribution in [-0.2, 0) is 70.1 Å². The second kappa shape index (κ2) is 27.0. The minimum absolute atomic E-state index is 0.0205. The lowest BCUT2D eigenvalue weighted by Crippen LogP contribution is -2.49. The summed E-state index contributed by atoms with van der Waals surface area (Å²) in [5, 5.41) is 17.5. The molecule has 402 valence electrons. The summed E-state index contributed by atoms with van der Waals surface area (Å²) in [5.41, 5.74) is 20.0. The summed E-state index contributed by atoms with van der Waals surface area (Å²) in [7, 11) is 0. The van der Waals surface area contributed by atoms with E-state index < -0.39 is 66.1 Å². The molecule has 4 heterocycles. The molecule has 4 aliphatic rings. The predicted octanol–water partition coefficient (Wildman–Crippen LogP) is 9.69. The van der Waals surface area contributed by atoms with Crippen LogP contribution in [0.15, 0.2) is 70.9 Å². The van der Waals surface area contributed by atoms with E-state index in [1.54, 1.807) is 48.5 Å². The van der Waals surface area contributed by atoms with Gasteiger partial charge in [-0.25, -0.2) is 0 Å². The Hall–Kier alpha value is -3.91. The number of aliphatic hydroxyl groups excluding tert-OH is 1. The number of ether oxygens (including phenoxy) is 11. The number of benzene rings is 2. The van der Waals surface area contributed by atoms with Crippen LogP contribution >= 0.6 is 0 Å². The Labute approximate surface area is 426 Å². The summed E-state index contributed by atoms with van der Waals surface area (Å²) in [6.45, 7) is 27.2. The highest BCUT2D eigenvalue weighted by molar-refractivity contribution is 5.75. The normalized spacial score (nSPS) is 32.8. The van der Waals surface area contributed by atoms with Gasteiger partial charge in [0, 0.05) is 21.7 Å². The van der Waals surface area contributed by atoms with E-state index in [0.717, 1.165) is 11.1 Å². The number of carbonyl (C=O) groups is 1. The highest BCUT2D eigenvalue weighted by Crippen LogP contribution is 2.39. The third kappa shape index (κ3) is 16.8. The van der Waals surface area contributed by atoms with E-state index in [4.69, 9.17) is 57.6 Å². The first kappa shape index (κ1) is 59.0. The van der Waals surface area contributed by atoms with Gasteiger partial charge in [0.2, 0.25) is 0 Å². The molecule has 0 radical (unpaired) electrons. The van der Waals surface area contributed by atoms with Crippen LogP contribution in [0.4, 0.5) is 0 Å². The summed E-state index contributed by atoms with van der Waals surface area (Å²) in [6, 6.07) is 18.7. The third-order valence-corrected chi connectivity index (χ3v) is 14.4. The number of hydrogen-bond acceptors (Lipinski definition) is 15. The highest BCUT2D eigenvalue weighted by Gasteiger charge is 2.48. The molecule has 0 saturated carbocycles. The molecule has 16 atom stereocenters. The van der Waals surface area contributed by atoms with Gasteiger partial charge in [-0.2, -0.15) is 0 Å². The van der Waals surface area contributed by atoms with Crippen LogP contribution < -0.4 is 0 Å². The number of rotatable bonds is 21. The van der Waals surface area contributed by atoms with Crippen molar-refractivity contribution in [3.05, 3.63) is 92.7 Å². The van der Waals surface area contributed by atoms with E-state index in [2.05, 4.69) is 61.6 Å². The summed E-state index contributed by atoms with van der Waals surface area (Å²) in [6.07, 6.45) is -3.72. The van der Waals surface area contributed by atoms with Crippen molar-refractivity contribution in [2.75, 3.05) is 39.6 Å². The molecule has 10 unspecified atom stereocenters. The van der Waals surface area contributed by atoms with Crippen LogP contribution in [0.3, 0.4) is 0 Å². The zero-order chi connectivity index (χ0) is 52.8. The van der Waals surface area contributed by atoms with Gasteiger partial charge in [0.05, 0.1) is 76.0 Å². The lowest BCUT2D eigenvalue weighted by atomic mass is 9.79. The molecule has 6 rings (SSSR count). The second-order valence-corrected chi connectivity index (χ2v) is 21.8.